The van der Waals surface area contributed by atoms with Crippen LogP contribution in [0.5, 0.6) is 0 Å². The van der Waals surface area contributed by atoms with Crippen molar-refractivity contribution in [3.8, 4) is 0 Å². The second-order valence-electron chi connectivity index (χ2n) is 8.46. The molecule has 2 heterocycles. The van der Waals surface area contributed by atoms with Gasteiger partial charge in [-0.2, -0.15) is 0 Å². The highest BCUT2D eigenvalue weighted by Crippen LogP contribution is 2.34. The average molecular weight is 468 g/mol. The topological polar surface area (TPSA) is 44.5 Å². The minimum Gasteiger partial charge on any atom is -0.377 e. The van der Waals surface area contributed by atoms with Crippen molar-refractivity contribution in [2.45, 2.75) is 44.3 Å². The number of hydrogen-bond donors (Lipinski definition) is 2. The Balaban J connectivity index is 1.42. The highest BCUT2D eigenvalue weighted by Gasteiger charge is 2.29. The molecule has 2 aliphatic rings. The summed E-state index contributed by atoms with van der Waals surface area (Å²) in [5.41, 5.74) is 9.20. The minimum atomic E-state index is 0.00706. The van der Waals surface area contributed by atoms with Crippen molar-refractivity contribution in [3.63, 3.8) is 0 Å². The van der Waals surface area contributed by atoms with Crippen LogP contribution in [0.2, 0.25) is 15.1 Å². The van der Waals surface area contributed by atoms with Crippen LogP contribution in [0.4, 0.5) is 11.4 Å². The van der Waals surface area contributed by atoms with Crippen LogP contribution in [-0.2, 0) is 0 Å². The van der Waals surface area contributed by atoms with Crippen LogP contribution in [0.3, 0.4) is 0 Å². The largest absolute Gasteiger partial charge is 0.377 e. The van der Waals surface area contributed by atoms with Gasteiger partial charge in [-0.1, -0.05) is 40.9 Å². The van der Waals surface area contributed by atoms with Crippen molar-refractivity contribution >= 4 is 46.2 Å². The molecule has 2 aromatic rings. The maximum atomic E-state index is 6.50. The number of anilines is 2. The number of benzene rings is 2. The number of halogens is 3. The van der Waals surface area contributed by atoms with Gasteiger partial charge in [-0.05, 0) is 62.1 Å². The Bertz CT molecular complexity index is 883. The lowest BCUT2D eigenvalue weighted by molar-refractivity contribution is 0.205. The minimum absolute atomic E-state index is 0.00706. The van der Waals surface area contributed by atoms with Crippen molar-refractivity contribution in [3.05, 3.63) is 57.0 Å². The summed E-state index contributed by atoms with van der Waals surface area (Å²) in [7, 11) is 0. The fourth-order valence-corrected chi connectivity index (χ4v) is 5.36. The lowest BCUT2D eigenvalue weighted by Crippen LogP contribution is -2.44. The third kappa shape index (κ3) is 5.00. The fraction of sp³-hybridized carbons (Fsp3) is 0.478. The van der Waals surface area contributed by atoms with Gasteiger partial charge in [0.25, 0.3) is 0 Å². The van der Waals surface area contributed by atoms with E-state index in [4.69, 9.17) is 40.5 Å². The van der Waals surface area contributed by atoms with Crippen LogP contribution in [0.1, 0.15) is 37.8 Å². The summed E-state index contributed by atoms with van der Waals surface area (Å²) in [5, 5.41) is 5.51. The van der Waals surface area contributed by atoms with Crippen molar-refractivity contribution < 1.29 is 0 Å². The van der Waals surface area contributed by atoms with Gasteiger partial charge in [0.15, 0.2) is 0 Å². The highest BCUT2D eigenvalue weighted by atomic mass is 35.5. The van der Waals surface area contributed by atoms with Gasteiger partial charge in [0, 0.05) is 54.0 Å². The third-order valence-corrected chi connectivity index (χ3v) is 7.25. The molecular formula is C23H29Cl3N4. The molecule has 30 heavy (non-hydrogen) atoms. The van der Waals surface area contributed by atoms with Gasteiger partial charge < -0.3 is 16.0 Å². The molecule has 2 aliphatic heterocycles. The lowest BCUT2D eigenvalue weighted by Gasteiger charge is -2.38. The van der Waals surface area contributed by atoms with E-state index in [1.165, 1.54) is 18.5 Å². The number of nitrogens with zero attached hydrogens (tertiary/aromatic N) is 2. The molecule has 0 amide bonds. The summed E-state index contributed by atoms with van der Waals surface area (Å²) in [6.07, 6.45) is 3.48. The maximum absolute atomic E-state index is 6.50. The first-order chi connectivity index (χ1) is 14.4. The molecule has 7 heteroatoms. The van der Waals surface area contributed by atoms with Crippen LogP contribution in [0.15, 0.2) is 36.4 Å². The van der Waals surface area contributed by atoms with E-state index in [2.05, 4.69) is 34.2 Å². The summed E-state index contributed by atoms with van der Waals surface area (Å²) in [6.45, 7) is 6.37. The van der Waals surface area contributed by atoms with Crippen LogP contribution in [-0.4, -0.2) is 43.2 Å². The van der Waals surface area contributed by atoms with E-state index in [9.17, 15) is 0 Å². The molecule has 4 nitrogen and oxygen atoms in total. The fourth-order valence-electron chi connectivity index (χ4n) is 4.62. The molecular weight excluding hydrogens is 439 g/mol. The maximum Gasteiger partial charge on any atom is 0.0639 e. The second-order valence-corrected chi connectivity index (χ2v) is 9.71. The molecule has 2 aromatic carbocycles. The molecule has 2 atom stereocenters. The first-order valence-electron chi connectivity index (χ1n) is 10.7. The van der Waals surface area contributed by atoms with E-state index in [0.717, 1.165) is 43.9 Å². The molecule has 3 N–H and O–H groups in total. The van der Waals surface area contributed by atoms with Crippen LogP contribution < -0.4 is 16.0 Å². The number of likely N-dealkylation sites (tertiary alicyclic amines) is 1. The number of hydrogen-bond acceptors (Lipinski definition) is 4. The number of rotatable bonds is 5. The average Bonchev–Trinajstić information content (AvgIpc) is 3.16. The molecule has 0 saturated carbocycles. The van der Waals surface area contributed by atoms with Gasteiger partial charge in [0.05, 0.1) is 16.8 Å². The normalized spacial score (nSPS) is 21.8. The standard InChI is InChI=1S/C23H29Cl3N4/c1-15(20-4-2-16(24)12-22(20)26)28-23-13-19(3-5-21(23)25)29-10-7-18(8-11-29)30-9-6-17(27)14-30/h2-5,12-13,15,17-18,28H,6-11,14,27H2,1H3. The van der Waals surface area contributed by atoms with E-state index in [-0.39, 0.29) is 6.04 Å². The Kier molecular flexibility index (Phi) is 7.01. The zero-order valence-corrected chi connectivity index (χ0v) is 19.5. The van der Waals surface area contributed by atoms with Crippen molar-refractivity contribution in [1.82, 2.24) is 4.90 Å². The molecule has 2 unspecified atom stereocenters. The molecule has 0 bridgehead atoms. The summed E-state index contributed by atoms with van der Waals surface area (Å²) < 4.78 is 0. The molecule has 4 rings (SSSR count). The van der Waals surface area contributed by atoms with E-state index in [0.29, 0.717) is 27.2 Å². The Morgan fingerprint density at radius 2 is 1.73 bits per heavy atom. The van der Waals surface area contributed by atoms with Crippen molar-refractivity contribution in [2.24, 2.45) is 5.73 Å². The summed E-state index contributed by atoms with van der Waals surface area (Å²) in [5.74, 6) is 0. The van der Waals surface area contributed by atoms with Gasteiger partial charge in [0.2, 0.25) is 0 Å². The predicted octanol–water partition coefficient (Wildman–Crippen LogP) is 5.82. The monoisotopic (exact) mass is 466 g/mol. The number of nitrogens with two attached hydrogens (primary N) is 1. The van der Waals surface area contributed by atoms with Crippen molar-refractivity contribution in [2.75, 3.05) is 36.4 Å². The molecule has 2 saturated heterocycles. The lowest BCUT2D eigenvalue weighted by atomic mass is 10.0. The molecule has 162 valence electrons. The first-order valence-corrected chi connectivity index (χ1v) is 11.8. The van der Waals surface area contributed by atoms with Crippen LogP contribution >= 0.6 is 34.8 Å². The van der Waals surface area contributed by atoms with Crippen LogP contribution in [0, 0.1) is 0 Å². The zero-order valence-electron chi connectivity index (χ0n) is 17.3. The summed E-state index contributed by atoms with van der Waals surface area (Å²) in [4.78, 5) is 5.03. The molecule has 0 spiro atoms. The Labute approximate surface area is 194 Å². The Morgan fingerprint density at radius 3 is 2.40 bits per heavy atom. The second kappa shape index (κ2) is 9.54. The molecule has 0 radical (unpaired) electrons. The quantitative estimate of drug-likeness (QED) is 0.581. The van der Waals surface area contributed by atoms with Gasteiger partial charge in [-0.15, -0.1) is 0 Å². The van der Waals surface area contributed by atoms with Gasteiger partial charge in [-0.3, -0.25) is 4.90 Å². The zero-order chi connectivity index (χ0) is 21.3. The van der Waals surface area contributed by atoms with Gasteiger partial charge >= 0.3 is 0 Å². The predicted molar refractivity (Wildman–Crippen MR) is 129 cm³/mol. The summed E-state index contributed by atoms with van der Waals surface area (Å²) in [6, 6.07) is 12.8. The first kappa shape index (κ1) is 22.0. The Hall–Kier alpha value is -1.17. The molecule has 2 fully saturated rings. The number of piperidine rings is 1. The van der Waals surface area contributed by atoms with E-state index < -0.39 is 0 Å². The summed E-state index contributed by atoms with van der Waals surface area (Å²) >= 11 is 18.9. The van der Waals surface area contributed by atoms with Gasteiger partial charge in [0.1, 0.15) is 0 Å². The van der Waals surface area contributed by atoms with E-state index in [1.807, 2.05) is 18.2 Å². The highest BCUT2D eigenvalue weighted by molar-refractivity contribution is 6.35. The smallest absolute Gasteiger partial charge is 0.0639 e. The molecule has 0 aliphatic carbocycles. The SMILES string of the molecule is CC(Nc1cc(N2CCC(N3CCC(N)C3)CC2)ccc1Cl)c1ccc(Cl)cc1Cl. The van der Waals surface area contributed by atoms with E-state index in [1.54, 1.807) is 6.07 Å². The third-order valence-electron chi connectivity index (χ3n) is 6.35. The van der Waals surface area contributed by atoms with E-state index >= 15 is 0 Å². The van der Waals surface area contributed by atoms with Crippen molar-refractivity contribution in [1.29, 1.82) is 0 Å². The Morgan fingerprint density at radius 1 is 0.967 bits per heavy atom. The number of nitrogens with one attached hydrogen (secondary N) is 1. The van der Waals surface area contributed by atoms with Crippen LogP contribution in [0.25, 0.3) is 0 Å². The molecule has 0 aromatic heterocycles. The van der Waals surface area contributed by atoms with Gasteiger partial charge in [-0.25, -0.2) is 0 Å².